The van der Waals surface area contributed by atoms with Gasteiger partial charge < -0.3 is 14.6 Å². The maximum absolute atomic E-state index is 9.64. The van der Waals surface area contributed by atoms with Gasteiger partial charge in [-0.05, 0) is 26.0 Å². The molecule has 5 nitrogen and oxygen atoms in total. The Morgan fingerprint density at radius 2 is 1.80 bits per heavy atom. The first-order chi connectivity index (χ1) is 9.63. The molecule has 2 rings (SSSR count). The van der Waals surface area contributed by atoms with Crippen molar-refractivity contribution in [3.63, 3.8) is 0 Å². The molecule has 0 atom stereocenters. The van der Waals surface area contributed by atoms with Gasteiger partial charge in [0.2, 0.25) is 0 Å². The van der Waals surface area contributed by atoms with Crippen molar-refractivity contribution in [1.29, 1.82) is 0 Å². The molecule has 0 unspecified atom stereocenters. The third kappa shape index (κ3) is 3.05. The lowest BCUT2D eigenvalue weighted by atomic mass is 10.0. The Bertz CT molecular complexity index is 579. The van der Waals surface area contributed by atoms with Crippen molar-refractivity contribution in [2.75, 3.05) is 20.3 Å². The van der Waals surface area contributed by atoms with Crippen LogP contribution in [0.4, 0.5) is 0 Å². The Hall–Kier alpha value is -2.14. The first-order valence-corrected chi connectivity index (χ1v) is 6.36. The first kappa shape index (κ1) is 14.3. The number of phenolic OH excluding ortho intramolecular Hbond substituents is 1. The molecule has 0 saturated heterocycles. The largest absolute Gasteiger partial charge is 0.508 e. The van der Waals surface area contributed by atoms with Crippen LogP contribution in [0, 0.1) is 13.8 Å². The number of aromatic nitrogens is 2. The van der Waals surface area contributed by atoms with E-state index in [2.05, 4.69) is 9.97 Å². The summed E-state index contributed by atoms with van der Waals surface area (Å²) in [6.45, 7) is 4.75. The fourth-order valence-corrected chi connectivity index (χ4v) is 2.05. The highest BCUT2D eigenvalue weighted by molar-refractivity contribution is 5.74. The highest BCUT2D eigenvalue weighted by Gasteiger charge is 2.13. The Morgan fingerprint density at radius 1 is 1.10 bits per heavy atom. The van der Waals surface area contributed by atoms with Crippen LogP contribution in [0.25, 0.3) is 11.1 Å². The minimum absolute atomic E-state index is 0.160. The molecule has 20 heavy (non-hydrogen) atoms. The zero-order chi connectivity index (χ0) is 14.5. The standard InChI is InChI=1S/C15H18N2O3/c1-10-15(11(2)17-9-16-10)13-5-4-12(18)8-14(13)20-7-6-19-3/h4-5,8-9,18H,6-7H2,1-3H3. The topological polar surface area (TPSA) is 64.5 Å². The third-order valence-electron chi connectivity index (χ3n) is 3.01. The second-order valence-electron chi connectivity index (χ2n) is 4.44. The molecule has 0 radical (unpaired) electrons. The van der Waals surface area contributed by atoms with Crippen LogP contribution in [0.1, 0.15) is 11.4 Å². The van der Waals surface area contributed by atoms with E-state index in [1.54, 1.807) is 25.6 Å². The van der Waals surface area contributed by atoms with Gasteiger partial charge >= 0.3 is 0 Å². The van der Waals surface area contributed by atoms with Gasteiger partial charge in [-0.15, -0.1) is 0 Å². The van der Waals surface area contributed by atoms with Crippen molar-refractivity contribution in [2.45, 2.75) is 13.8 Å². The van der Waals surface area contributed by atoms with Gasteiger partial charge in [0.15, 0.2) is 0 Å². The molecule has 1 aromatic carbocycles. The zero-order valence-electron chi connectivity index (χ0n) is 11.9. The molecule has 106 valence electrons. The monoisotopic (exact) mass is 274 g/mol. The molecule has 0 aliphatic rings. The molecule has 0 aliphatic carbocycles. The summed E-state index contributed by atoms with van der Waals surface area (Å²) in [5, 5.41) is 9.64. The fourth-order valence-electron chi connectivity index (χ4n) is 2.05. The number of aryl methyl sites for hydroxylation is 2. The van der Waals surface area contributed by atoms with E-state index in [0.29, 0.717) is 19.0 Å². The van der Waals surface area contributed by atoms with Crippen molar-refractivity contribution in [2.24, 2.45) is 0 Å². The summed E-state index contributed by atoms with van der Waals surface area (Å²) >= 11 is 0. The van der Waals surface area contributed by atoms with Gasteiger partial charge in [-0.2, -0.15) is 0 Å². The van der Waals surface area contributed by atoms with E-state index >= 15 is 0 Å². The number of hydrogen-bond donors (Lipinski definition) is 1. The summed E-state index contributed by atoms with van der Waals surface area (Å²) in [7, 11) is 1.62. The predicted molar refractivity (Wildman–Crippen MR) is 76.0 cm³/mol. The number of rotatable bonds is 5. The van der Waals surface area contributed by atoms with Gasteiger partial charge in [-0.3, -0.25) is 0 Å². The number of ether oxygens (including phenoxy) is 2. The molecule has 1 aromatic heterocycles. The van der Waals surface area contributed by atoms with Gasteiger partial charge in [0, 0.05) is 35.7 Å². The molecule has 0 spiro atoms. The summed E-state index contributed by atoms with van der Waals surface area (Å²) < 4.78 is 10.7. The van der Waals surface area contributed by atoms with Crippen molar-refractivity contribution in [1.82, 2.24) is 9.97 Å². The molecule has 0 fully saturated rings. The van der Waals surface area contributed by atoms with Crippen LogP contribution in [0.5, 0.6) is 11.5 Å². The van der Waals surface area contributed by atoms with Crippen molar-refractivity contribution < 1.29 is 14.6 Å². The number of hydrogen-bond acceptors (Lipinski definition) is 5. The predicted octanol–water partition coefficient (Wildman–Crippen LogP) is 2.49. The number of nitrogens with zero attached hydrogens (tertiary/aromatic N) is 2. The second-order valence-corrected chi connectivity index (χ2v) is 4.44. The molecule has 0 bridgehead atoms. The van der Waals surface area contributed by atoms with E-state index in [9.17, 15) is 5.11 Å². The lowest BCUT2D eigenvalue weighted by molar-refractivity contribution is 0.146. The van der Waals surface area contributed by atoms with Gasteiger partial charge in [0.1, 0.15) is 24.4 Å². The lowest BCUT2D eigenvalue weighted by Crippen LogP contribution is -2.06. The Kier molecular flexibility index (Phi) is 4.53. The third-order valence-corrected chi connectivity index (χ3v) is 3.01. The second kappa shape index (κ2) is 6.34. The van der Waals surface area contributed by atoms with Gasteiger partial charge in [-0.1, -0.05) is 0 Å². The lowest BCUT2D eigenvalue weighted by Gasteiger charge is -2.14. The fraction of sp³-hybridized carbons (Fsp3) is 0.333. The molecular formula is C15H18N2O3. The molecule has 2 aromatic rings. The number of aromatic hydroxyl groups is 1. The van der Waals surface area contributed by atoms with Crippen LogP contribution in [0.3, 0.4) is 0 Å². The Labute approximate surface area is 118 Å². The molecule has 0 aliphatic heterocycles. The molecule has 5 heteroatoms. The Balaban J connectivity index is 2.45. The zero-order valence-corrected chi connectivity index (χ0v) is 11.9. The smallest absolute Gasteiger partial charge is 0.131 e. The quantitative estimate of drug-likeness (QED) is 0.849. The molecule has 0 saturated carbocycles. The Morgan fingerprint density at radius 3 is 2.45 bits per heavy atom. The summed E-state index contributed by atoms with van der Waals surface area (Å²) in [4.78, 5) is 8.44. The molecule has 1 N–H and O–H groups in total. The van der Waals surface area contributed by atoms with Crippen molar-refractivity contribution in [3.8, 4) is 22.6 Å². The molecule has 0 amide bonds. The van der Waals surface area contributed by atoms with Crippen LogP contribution in [0.2, 0.25) is 0 Å². The summed E-state index contributed by atoms with van der Waals surface area (Å²) in [5.41, 5.74) is 3.55. The maximum atomic E-state index is 9.64. The van der Waals surface area contributed by atoms with Crippen molar-refractivity contribution >= 4 is 0 Å². The normalized spacial score (nSPS) is 10.6. The van der Waals surface area contributed by atoms with Crippen LogP contribution >= 0.6 is 0 Å². The summed E-state index contributed by atoms with van der Waals surface area (Å²) in [5.74, 6) is 0.761. The highest BCUT2D eigenvalue weighted by atomic mass is 16.5. The van der Waals surface area contributed by atoms with E-state index < -0.39 is 0 Å². The molecule has 1 heterocycles. The van der Waals surface area contributed by atoms with Gasteiger partial charge in [-0.25, -0.2) is 9.97 Å². The minimum Gasteiger partial charge on any atom is -0.508 e. The number of phenols is 1. The SMILES string of the molecule is COCCOc1cc(O)ccc1-c1c(C)ncnc1C. The van der Waals surface area contributed by atoms with Crippen molar-refractivity contribution in [3.05, 3.63) is 35.9 Å². The minimum atomic E-state index is 0.160. The van der Waals surface area contributed by atoms with Crippen LogP contribution < -0.4 is 4.74 Å². The van der Waals surface area contributed by atoms with Gasteiger partial charge in [0.25, 0.3) is 0 Å². The van der Waals surface area contributed by atoms with E-state index in [0.717, 1.165) is 22.5 Å². The first-order valence-electron chi connectivity index (χ1n) is 6.36. The van der Waals surface area contributed by atoms with Crippen LogP contribution in [0.15, 0.2) is 24.5 Å². The van der Waals surface area contributed by atoms with E-state index in [1.807, 2.05) is 19.9 Å². The van der Waals surface area contributed by atoms with Crippen LogP contribution in [-0.4, -0.2) is 35.4 Å². The van der Waals surface area contributed by atoms with Gasteiger partial charge in [0.05, 0.1) is 6.61 Å². The van der Waals surface area contributed by atoms with E-state index in [1.165, 1.54) is 0 Å². The highest BCUT2D eigenvalue weighted by Crippen LogP contribution is 2.35. The number of benzene rings is 1. The maximum Gasteiger partial charge on any atom is 0.131 e. The average Bonchev–Trinajstić information content (AvgIpc) is 2.41. The van der Waals surface area contributed by atoms with E-state index in [-0.39, 0.29) is 5.75 Å². The van der Waals surface area contributed by atoms with Crippen LogP contribution in [-0.2, 0) is 4.74 Å². The summed E-state index contributed by atoms with van der Waals surface area (Å²) in [6.07, 6.45) is 1.54. The number of methoxy groups -OCH3 is 1. The summed E-state index contributed by atoms with van der Waals surface area (Å²) in [6, 6.07) is 5.04. The molecular weight excluding hydrogens is 256 g/mol. The average molecular weight is 274 g/mol. The van der Waals surface area contributed by atoms with E-state index in [4.69, 9.17) is 9.47 Å².